The second-order valence-corrected chi connectivity index (χ2v) is 6.20. The molecule has 1 aromatic carbocycles. The molecule has 1 amide bonds. The number of nitrogens with one attached hydrogen (secondary N) is 1. The number of likely N-dealkylation sites (tertiary alicyclic amines) is 1. The molecule has 23 heavy (non-hydrogen) atoms. The molecule has 0 aliphatic carbocycles. The van der Waals surface area contributed by atoms with Crippen LogP contribution in [0.4, 0.5) is 4.39 Å². The number of nitrogens with zero attached hydrogens (tertiary/aromatic N) is 2. The van der Waals surface area contributed by atoms with E-state index in [2.05, 4.69) is 10.2 Å². The first kappa shape index (κ1) is 14.2. The number of H-pyrrole nitrogens is 1. The van der Waals surface area contributed by atoms with E-state index in [0.717, 1.165) is 30.6 Å². The highest BCUT2D eigenvalue weighted by Gasteiger charge is 2.35. The Labute approximate surface area is 133 Å². The molecule has 1 fully saturated rings. The number of rotatable bonds is 2. The van der Waals surface area contributed by atoms with Crippen LogP contribution in [0.5, 0.6) is 5.75 Å². The second-order valence-electron chi connectivity index (χ2n) is 6.20. The van der Waals surface area contributed by atoms with Crippen LogP contribution in [0.15, 0.2) is 30.5 Å². The van der Waals surface area contributed by atoms with Gasteiger partial charge in [-0.3, -0.25) is 9.89 Å². The molecule has 1 N–H and O–H groups in total. The predicted octanol–water partition coefficient (Wildman–Crippen LogP) is 2.26. The van der Waals surface area contributed by atoms with Crippen LogP contribution in [0.3, 0.4) is 0 Å². The molecule has 5 nitrogen and oxygen atoms in total. The Morgan fingerprint density at radius 1 is 1.39 bits per heavy atom. The minimum atomic E-state index is -0.535. The molecule has 2 aliphatic heterocycles. The third-order valence-electron chi connectivity index (χ3n) is 4.67. The fourth-order valence-electron chi connectivity index (χ4n) is 3.48. The highest BCUT2D eigenvalue weighted by Crippen LogP contribution is 2.32. The van der Waals surface area contributed by atoms with E-state index in [9.17, 15) is 9.18 Å². The molecule has 1 saturated heterocycles. The van der Waals surface area contributed by atoms with E-state index in [4.69, 9.17) is 4.74 Å². The third kappa shape index (κ3) is 2.69. The van der Waals surface area contributed by atoms with Gasteiger partial charge in [-0.15, -0.1) is 0 Å². The average molecular weight is 315 g/mol. The molecule has 4 rings (SSSR count). The van der Waals surface area contributed by atoms with E-state index in [1.165, 1.54) is 12.1 Å². The molecule has 1 aromatic heterocycles. The van der Waals surface area contributed by atoms with Gasteiger partial charge in [-0.2, -0.15) is 5.10 Å². The maximum absolute atomic E-state index is 13.3. The second kappa shape index (κ2) is 5.68. The van der Waals surface area contributed by atoms with Gasteiger partial charge in [-0.25, -0.2) is 4.39 Å². The fraction of sp³-hybridized carbons (Fsp3) is 0.412. The van der Waals surface area contributed by atoms with E-state index in [1.807, 2.05) is 11.0 Å². The molecule has 120 valence electrons. The number of carbonyl (C=O) groups excluding carboxylic acids is 1. The Bertz CT molecular complexity index is 717. The summed E-state index contributed by atoms with van der Waals surface area (Å²) in [6, 6.07) is 6.37. The molecule has 3 heterocycles. The Balaban J connectivity index is 1.45. The van der Waals surface area contributed by atoms with Crippen LogP contribution in [-0.4, -0.2) is 40.2 Å². The zero-order chi connectivity index (χ0) is 15.8. The maximum Gasteiger partial charge on any atom is 0.264 e. The molecule has 0 unspecified atom stereocenters. The fourth-order valence-corrected chi connectivity index (χ4v) is 3.48. The van der Waals surface area contributed by atoms with Crippen molar-refractivity contribution in [2.75, 3.05) is 13.1 Å². The SMILES string of the molecule is O=C([C@@H]1Cc2cc(F)ccc2O1)N1CCC[C@H](c2ccn[nH]2)C1. The largest absolute Gasteiger partial charge is 0.480 e. The van der Waals surface area contributed by atoms with Crippen molar-refractivity contribution in [2.45, 2.75) is 31.3 Å². The first-order valence-corrected chi connectivity index (χ1v) is 7.94. The third-order valence-corrected chi connectivity index (χ3v) is 4.67. The van der Waals surface area contributed by atoms with Crippen LogP contribution in [-0.2, 0) is 11.2 Å². The maximum atomic E-state index is 13.3. The number of ether oxygens (including phenoxy) is 1. The first-order valence-electron chi connectivity index (χ1n) is 7.94. The minimum absolute atomic E-state index is 0.00850. The van der Waals surface area contributed by atoms with Crippen LogP contribution in [0, 0.1) is 5.82 Å². The molecule has 2 aliphatic rings. The smallest absolute Gasteiger partial charge is 0.264 e. The van der Waals surface area contributed by atoms with Crippen molar-refractivity contribution in [3.05, 3.63) is 47.5 Å². The lowest BCUT2D eigenvalue weighted by molar-refractivity contribution is -0.139. The van der Waals surface area contributed by atoms with Crippen LogP contribution >= 0.6 is 0 Å². The van der Waals surface area contributed by atoms with Gasteiger partial charge in [0, 0.05) is 42.9 Å². The number of fused-ring (bicyclic) bond motifs is 1. The number of amides is 1. The predicted molar refractivity (Wildman–Crippen MR) is 81.7 cm³/mol. The van der Waals surface area contributed by atoms with Crippen LogP contribution < -0.4 is 4.74 Å². The summed E-state index contributed by atoms with van der Waals surface area (Å²) in [7, 11) is 0. The number of aromatic nitrogens is 2. The van der Waals surface area contributed by atoms with E-state index in [0.29, 0.717) is 18.7 Å². The number of hydrogen-bond donors (Lipinski definition) is 1. The highest BCUT2D eigenvalue weighted by molar-refractivity contribution is 5.82. The van der Waals surface area contributed by atoms with Gasteiger partial charge in [0.2, 0.25) is 0 Å². The molecule has 0 saturated carbocycles. The van der Waals surface area contributed by atoms with Gasteiger partial charge in [0.05, 0.1) is 0 Å². The van der Waals surface area contributed by atoms with Crippen LogP contribution in [0.1, 0.15) is 30.0 Å². The van der Waals surface area contributed by atoms with E-state index in [1.54, 1.807) is 12.3 Å². The highest BCUT2D eigenvalue weighted by atomic mass is 19.1. The van der Waals surface area contributed by atoms with E-state index in [-0.39, 0.29) is 17.6 Å². The summed E-state index contributed by atoms with van der Waals surface area (Å²) in [5, 5.41) is 6.99. The van der Waals surface area contributed by atoms with Gasteiger partial charge in [-0.05, 0) is 37.1 Å². The molecule has 6 heteroatoms. The van der Waals surface area contributed by atoms with Gasteiger partial charge in [0.1, 0.15) is 11.6 Å². The van der Waals surface area contributed by atoms with Crippen LogP contribution in [0.2, 0.25) is 0 Å². The average Bonchev–Trinajstić information content (AvgIpc) is 3.23. The van der Waals surface area contributed by atoms with E-state index >= 15 is 0 Å². The van der Waals surface area contributed by atoms with Crippen molar-refractivity contribution in [3.8, 4) is 5.75 Å². The van der Waals surface area contributed by atoms with Crippen molar-refractivity contribution in [1.29, 1.82) is 0 Å². The molecular formula is C17H18FN3O2. The van der Waals surface area contributed by atoms with Gasteiger partial charge < -0.3 is 9.64 Å². The van der Waals surface area contributed by atoms with Crippen molar-refractivity contribution >= 4 is 5.91 Å². The van der Waals surface area contributed by atoms with Crippen molar-refractivity contribution < 1.29 is 13.9 Å². The Hall–Kier alpha value is -2.37. The molecule has 2 atom stereocenters. The van der Waals surface area contributed by atoms with Gasteiger partial charge in [0.25, 0.3) is 5.91 Å². The zero-order valence-corrected chi connectivity index (χ0v) is 12.7. The Kier molecular flexibility index (Phi) is 3.52. The standard InChI is InChI=1S/C17H18FN3O2/c18-13-3-4-15-12(8-13)9-16(23-15)17(22)21-7-1-2-11(10-21)14-5-6-19-20-14/h3-6,8,11,16H,1-2,7,9-10H2,(H,19,20)/t11-,16-/m0/s1. The number of aromatic amines is 1. The van der Waals surface area contributed by atoms with Crippen molar-refractivity contribution in [1.82, 2.24) is 15.1 Å². The summed E-state index contributed by atoms with van der Waals surface area (Å²) in [6.07, 6.45) is 3.65. The molecular weight excluding hydrogens is 297 g/mol. The topological polar surface area (TPSA) is 58.2 Å². The first-order chi connectivity index (χ1) is 11.2. The monoisotopic (exact) mass is 315 g/mol. The van der Waals surface area contributed by atoms with Crippen molar-refractivity contribution in [2.24, 2.45) is 0 Å². The quantitative estimate of drug-likeness (QED) is 0.925. The van der Waals surface area contributed by atoms with Crippen molar-refractivity contribution in [3.63, 3.8) is 0 Å². The lowest BCUT2D eigenvalue weighted by atomic mass is 9.94. The number of carbonyl (C=O) groups is 1. The normalized spacial score (nSPS) is 23.4. The Morgan fingerprint density at radius 3 is 3.13 bits per heavy atom. The molecule has 0 bridgehead atoms. The van der Waals surface area contributed by atoms with E-state index < -0.39 is 6.10 Å². The summed E-state index contributed by atoms with van der Waals surface area (Å²) >= 11 is 0. The minimum Gasteiger partial charge on any atom is -0.480 e. The zero-order valence-electron chi connectivity index (χ0n) is 12.7. The number of piperidine rings is 1. The number of benzene rings is 1. The molecule has 2 aromatic rings. The molecule has 0 radical (unpaired) electrons. The van der Waals surface area contributed by atoms with Crippen LogP contribution in [0.25, 0.3) is 0 Å². The van der Waals surface area contributed by atoms with Gasteiger partial charge in [-0.1, -0.05) is 0 Å². The lowest BCUT2D eigenvalue weighted by Crippen LogP contribution is -2.46. The lowest BCUT2D eigenvalue weighted by Gasteiger charge is -2.33. The van der Waals surface area contributed by atoms with Gasteiger partial charge >= 0.3 is 0 Å². The number of hydrogen-bond acceptors (Lipinski definition) is 3. The Morgan fingerprint density at radius 2 is 2.30 bits per heavy atom. The summed E-state index contributed by atoms with van der Waals surface area (Å²) in [4.78, 5) is 14.6. The molecule has 0 spiro atoms. The van der Waals surface area contributed by atoms with Gasteiger partial charge in [0.15, 0.2) is 6.10 Å². The summed E-state index contributed by atoms with van der Waals surface area (Å²) < 4.78 is 19.0. The summed E-state index contributed by atoms with van der Waals surface area (Å²) in [5.74, 6) is 0.604. The summed E-state index contributed by atoms with van der Waals surface area (Å²) in [6.45, 7) is 1.42. The number of halogens is 1. The summed E-state index contributed by atoms with van der Waals surface area (Å²) in [5.41, 5.74) is 1.84.